The molecule has 6 N–H and O–H groups in total. The molecule has 0 saturated heterocycles. The lowest BCUT2D eigenvalue weighted by Crippen LogP contribution is -2.37. The molecule has 0 fully saturated rings. The summed E-state index contributed by atoms with van der Waals surface area (Å²) >= 11 is 0. The molecule has 0 bridgehead atoms. The van der Waals surface area contributed by atoms with Gasteiger partial charge in [-0.15, -0.1) is 0 Å². The molecule has 0 aliphatic carbocycles. The molecule has 0 radical (unpaired) electrons. The number of nitrogens with two attached hydrogens (primary N) is 1. The van der Waals surface area contributed by atoms with Crippen molar-refractivity contribution in [3.63, 3.8) is 0 Å². The Labute approximate surface area is 188 Å². The van der Waals surface area contributed by atoms with E-state index in [4.69, 9.17) is 5.73 Å². The number of benzene rings is 3. The molecule has 2 aromatic heterocycles. The van der Waals surface area contributed by atoms with Gasteiger partial charge in [0.2, 0.25) is 5.91 Å². The molecular formula is C26H22N4O3. The van der Waals surface area contributed by atoms with Crippen molar-refractivity contribution in [3.05, 3.63) is 94.9 Å². The standard InChI is InChI=1S/C26H22N4O3/c27-20(13-16-14-28-21-7-3-1-5-18(16)21)25(32)29-17-11-9-15(10-12-17)23-24(31)19-6-2-4-8-22(19)30-26(23)33/h1-12,14,20,28H,13,27H2,(H,29,32)(H2,30,31,33)/t20-/m0/s1. The van der Waals surface area contributed by atoms with Gasteiger partial charge in [0, 0.05) is 28.2 Å². The van der Waals surface area contributed by atoms with Crippen molar-refractivity contribution in [2.75, 3.05) is 5.32 Å². The maximum atomic E-state index is 12.6. The smallest absolute Gasteiger partial charge is 0.260 e. The first-order valence-electron chi connectivity index (χ1n) is 10.6. The second-order valence-electron chi connectivity index (χ2n) is 7.96. The second kappa shape index (κ2) is 8.29. The van der Waals surface area contributed by atoms with Crippen LogP contribution in [-0.4, -0.2) is 27.0 Å². The molecule has 2 heterocycles. The van der Waals surface area contributed by atoms with E-state index in [9.17, 15) is 14.7 Å². The molecule has 0 saturated carbocycles. The number of anilines is 1. The number of amides is 1. The van der Waals surface area contributed by atoms with E-state index < -0.39 is 6.04 Å². The average Bonchev–Trinajstić information content (AvgIpc) is 3.23. The van der Waals surface area contributed by atoms with Crippen molar-refractivity contribution in [1.29, 1.82) is 0 Å². The van der Waals surface area contributed by atoms with E-state index in [-0.39, 0.29) is 22.8 Å². The highest BCUT2D eigenvalue weighted by Crippen LogP contribution is 2.32. The molecule has 164 valence electrons. The Hall–Kier alpha value is -4.36. The van der Waals surface area contributed by atoms with Gasteiger partial charge in [0.25, 0.3) is 5.56 Å². The summed E-state index contributed by atoms with van der Waals surface area (Å²) in [5.41, 5.74) is 9.60. The third-order valence-corrected chi connectivity index (χ3v) is 5.79. The summed E-state index contributed by atoms with van der Waals surface area (Å²) in [5.74, 6) is -0.383. The molecule has 1 amide bonds. The Kier molecular flexibility index (Phi) is 5.16. The molecule has 0 spiro atoms. The number of aromatic nitrogens is 2. The SMILES string of the molecule is N[C@@H](Cc1c[nH]c2ccccc12)C(=O)Nc1ccc(-c2c(O)c3ccccc3[nH]c2=O)cc1. The van der Waals surface area contributed by atoms with E-state index in [2.05, 4.69) is 15.3 Å². The third kappa shape index (κ3) is 3.86. The molecule has 33 heavy (non-hydrogen) atoms. The van der Waals surface area contributed by atoms with Crippen molar-refractivity contribution in [2.24, 2.45) is 5.73 Å². The molecule has 7 heteroatoms. The fraction of sp³-hybridized carbons (Fsp3) is 0.0769. The summed E-state index contributed by atoms with van der Waals surface area (Å²) in [7, 11) is 0. The predicted molar refractivity (Wildman–Crippen MR) is 130 cm³/mol. The van der Waals surface area contributed by atoms with Gasteiger partial charge in [-0.25, -0.2) is 0 Å². The van der Waals surface area contributed by atoms with Crippen LogP contribution in [0.5, 0.6) is 5.75 Å². The number of hydrogen-bond acceptors (Lipinski definition) is 4. The van der Waals surface area contributed by atoms with Crippen molar-refractivity contribution in [3.8, 4) is 16.9 Å². The lowest BCUT2D eigenvalue weighted by Gasteiger charge is -2.13. The monoisotopic (exact) mass is 438 g/mol. The molecule has 5 rings (SSSR count). The summed E-state index contributed by atoms with van der Waals surface area (Å²) in [6.45, 7) is 0. The quantitative estimate of drug-likeness (QED) is 0.286. The molecule has 3 aromatic carbocycles. The van der Waals surface area contributed by atoms with Crippen LogP contribution >= 0.6 is 0 Å². The Morgan fingerprint density at radius 3 is 2.36 bits per heavy atom. The van der Waals surface area contributed by atoms with E-state index in [0.29, 0.717) is 28.6 Å². The van der Waals surface area contributed by atoms with Crippen LogP contribution in [0.3, 0.4) is 0 Å². The van der Waals surface area contributed by atoms with E-state index in [1.807, 2.05) is 30.5 Å². The van der Waals surface area contributed by atoms with Gasteiger partial charge < -0.3 is 26.1 Å². The van der Waals surface area contributed by atoms with Crippen LogP contribution < -0.4 is 16.6 Å². The van der Waals surface area contributed by atoms with Crippen molar-refractivity contribution in [1.82, 2.24) is 9.97 Å². The van der Waals surface area contributed by atoms with E-state index in [1.165, 1.54) is 0 Å². The predicted octanol–water partition coefficient (Wildman–Crippen LogP) is 3.89. The van der Waals surface area contributed by atoms with Crippen LogP contribution in [0.4, 0.5) is 5.69 Å². The number of rotatable bonds is 5. The number of fused-ring (bicyclic) bond motifs is 2. The summed E-state index contributed by atoms with van der Waals surface area (Å²) in [6.07, 6.45) is 2.27. The van der Waals surface area contributed by atoms with Gasteiger partial charge in [0.1, 0.15) is 5.75 Å². The van der Waals surface area contributed by atoms with Gasteiger partial charge >= 0.3 is 0 Å². The molecule has 5 aromatic rings. The number of para-hydroxylation sites is 2. The zero-order valence-corrected chi connectivity index (χ0v) is 17.6. The van der Waals surface area contributed by atoms with Gasteiger partial charge in [-0.3, -0.25) is 9.59 Å². The first-order valence-corrected chi connectivity index (χ1v) is 10.6. The highest BCUT2D eigenvalue weighted by atomic mass is 16.3. The lowest BCUT2D eigenvalue weighted by molar-refractivity contribution is -0.117. The average molecular weight is 438 g/mol. The number of carbonyl (C=O) groups is 1. The fourth-order valence-corrected chi connectivity index (χ4v) is 4.08. The van der Waals surface area contributed by atoms with Crippen LogP contribution in [0.2, 0.25) is 0 Å². The first-order chi connectivity index (χ1) is 16.0. The largest absolute Gasteiger partial charge is 0.506 e. The van der Waals surface area contributed by atoms with E-state index in [1.54, 1.807) is 48.5 Å². The first kappa shape index (κ1) is 20.5. The van der Waals surface area contributed by atoms with Gasteiger partial charge in [0.15, 0.2) is 0 Å². The fourth-order valence-electron chi connectivity index (χ4n) is 4.08. The minimum absolute atomic E-state index is 0.0770. The normalized spacial score (nSPS) is 12.2. The van der Waals surface area contributed by atoms with Crippen LogP contribution in [0.25, 0.3) is 32.9 Å². The molecule has 1 atom stereocenters. The number of hydrogen-bond donors (Lipinski definition) is 5. The Morgan fingerprint density at radius 1 is 0.939 bits per heavy atom. The van der Waals surface area contributed by atoms with Crippen LogP contribution in [0.15, 0.2) is 83.8 Å². The minimum atomic E-state index is -0.726. The highest BCUT2D eigenvalue weighted by molar-refractivity contribution is 5.96. The van der Waals surface area contributed by atoms with Crippen molar-refractivity contribution in [2.45, 2.75) is 12.5 Å². The summed E-state index contributed by atoms with van der Waals surface area (Å²) < 4.78 is 0. The van der Waals surface area contributed by atoms with Crippen molar-refractivity contribution < 1.29 is 9.90 Å². The zero-order valence-electron chi connectivity index (χ0n) is 17.6. The summed E-state index contributed by atoms with van der Waals surface area (Å²) in [4.78, 5) is 31.2. The number of carbonyl (C=O) groups excluding carboxylic acids is 1. The number of aromatic amines is 2. The van der Waals surface area contributed by atoms with Crippen LogP contribution in [-0.2, 0) is 11.2 Å². The maximum Gasteiger partial charge on any atom is 0.260 e. The van der Waals surface area contributed by atoms with E-state index in [0.717, 1.165) is 16.5 Å². The molecule has 0 unspecified atom stereocenters. The molecule has 7 nitrogen and oxygen atoms in total. The summed E-state index contributed by atoms with van der Waals surface area (Å²) in [6, 6.07) is 20.9. The molecular weight excluding hydrogens is 416 g/mol. The zero-order chi connectivity index (χ0) is 22.9. The number of H-pyrrole nitrogens is 2. The van der Waals surface area contributed by atoms with Gasteiger partial charge in [-0.05, 0) is 47.9 Å². The topological polar surface area (TPSA) is 124 Å². The minimum Gasteiger partial charge on any atom is -0.506 e. The van der Waals surface area contributed by atoms with Crippen molar-refractivity contribution >= 4 is 33.4 Å². The highest BCUT2D eigenvalue weighted by Gasteiger charge is 2.17. The van der Waals surface area contributed by atoms with Gasteiger partial charge in [-0.2, -0.15) is 0 Å². The lowest BCUT2D eigenvalue weighted by atomic mass is 10.0. The van der Waals surface area contributed by atoms with Crippen LogP contribution in [0, 0.1) is 0 Å². The van der Waals surface area contributed by atoms with E-state index >= 15 is 0 Å². The third-order valence-electron chi connectivity index (χ3n) is 5.79. The van der Waals surface area contributed by atoms with Crippen LogP contribution in [0.1, 0.15) is 5.56 Å². The Balaban J connectivity index is 1.33. The maximum absolute atomic E-state index is 12.6. The number of nitrogens with one attached hydrogen (secondary N) is 3. The van der Waals surface area contributed by atoms with Gasteiger partial charge in [0.05, 0.1) is 17.1 Å². The number of aromatic hydroxyl groups is 1. The Morgan fingerprint density at radius 2 is 1.61 bits per heavy atom. The second-order valence-corrected chi connectivity index (χ2v) is 7.96. The summed E-state index contributed by atoms with van der Waals surface area (Å²) in [5, 5.41) is 15.1. The Bertz CT molecular complexity index is 1530. The molecule has 0 aliphatic rings. The number of pyridine rings is 1. The van der Waals surface area contributed by atoms with Gasteiger partial charge in [-0.1, -0.05) is 42.5 Å². The molecule has 0 aliphatic heterocycles.